The molecule has 0 aliphatic rings. The van der Waals surface area contributed by atoms with Crippen LogP contribution in [0.3, 0.4) is 0 Å². The Labute approximate surface area is 106 Å². The third-order valence-corrected chi connectivity index (χ3v) is 3.55. The van der Waals surface area contributed by atoms with Gasteiger partial charge in [0.15, 0.2) is 0 Å². The maximum absolute atomic E-state index is 11.4. The Bertz CT molecular complexity index is 319. The minimum atomic E-state index is -3.89. The van der Waals surface area contributed by atoms with Crippen LogP contribution in [0.15, 0.2) is 0 Å². The Morgan fingerprint density at radius 2 is 2.12 bits per heavy atom. The van der Waals surface area contributed by atoms with Crippen molar-refractivity contribution in [2.45, 2.75) is 25.3 Å². The Morgan fingerprint density at radius 1 is 1.47 bits per heavy atom. The molecule has 6 nitrogen and oxygen atoms in total. The van der Waals surface area contributed by atoms with Crippen LogP contribution in [0.1, 0.15) is 19.3 Å². The van der Waals surface area contributed by atoms with E-state index in [0.717, 1.165) is 5.75 Å². The van der Waals surface area contributed by atoms with Crippen molar-refractivity contribution >= 4 is 27.8 Å². The molecule has 17 heavy (non-hydrogen) atoms. The van der Waals surface area contributed by atoms with Gasteiger partial charge in [0, 0.05) is 6.54 Å². The van der Waals surface area contributed by atoms with Crippen molar-refractivity contribution in [3.05, 3.63) is 0 Å². The first-order valence-electron chi connectivity index (χ1n) is 5.34. The Morgan fingerprint density at radius 3 is 2.65 bits per heavy atom. The average Bonchev–Trinajstić information content (AvgIpc) is 2.23. The van der Waals surface area contributed by atoms with Gasteiger partial charge in [-0.1, -0.05) is 0 Å². The highest BCUT2D eigenvalue weighted by molar-refractivity contribution is 7.98. The van der Waals surface area contributed by atoms with Gasteiger partial charge in [-0.05, 0) is 31.3 Å². The Hall–Kier alpha value is -0.310. The van der Waals surface area contributed by atoms with Gasteiger partial charge in [0.1, 0.15) is 0 Å². The van der Waals surface area contributed by atoms with E-state index in [9.17, 15) is 13.2 Å². The van der Waals surface area contributed by atoms with E-state index in [2.05, 4.69) is 5.32 Å². The second-order valence-electron chi connectivity index (χ2n) is 3.67. The fourth-order valence-electron chi connectivity index (χ4n) is 1.13. The third-order valence-electron chi connectivity index (χ3n) is 2.10. The van der Waals surface area contributed by atoms with E-state index >= 15 is 0 Å². The van der Waals surface area contributed by atoms with Gasteiger partial charge < -0.3 is 11.1 Å². The van der Waals surface area contributed by atoms with E-state index in [4.69, 9.17) is 10.3 Å². The van der Waals surface area contributed by atoms with Gasteiger partial charge in [-0.3, -0.25) is 9.35 Å². The Balaban J connectivity index is 3.57. The summed E-state index contributed by atoms with van der Waals surface area (Å²) in [5.41, 5.74) is 5.63. The Kier molecular flexibility index (Phi) is 8.57. The average molecular weight is 284 g/mol. The van der Waals surface area contributed by atoms with E-state index in [1.165, 1.54) is 0 Å². The highest BCUT2D eigenvalue weighted by Gasteiger charge is 2.11. The minimum absolute atomic E-state index is 0.217. The predicted octanol–water partition coefficient (Wildman–Crippen LogP) is -0.149. The van der Waals surface area contributed by atoms with Crippen molar-refractivity contribution < 1.29 is 17.8 Å². The first kappa shape index (κ1) is 16.7. The lowest BCUT2D eigenvalue weighted by atomic mass is 10.2. The number of hydrogen-bond acceptors (Lipinski definition) is 5. The molecule has 1 amide bonds. The monoisotopic (exact) mass is 284 g/mol. The van der Waals surface area contributed by atoms with Gasteiger partial charge in [-0.2, -0.15) is 20.2 Å². The molecular formula is C9H20N2O4S2. The summed E-state index contributed by atoms with van der Waals surface area (Å²) < 4.78 is 29.3. The van der Waals surface area contributed by atoms with E-state index in [1.807, 2.05) is 6.26 Å². The largest absolute Gasteiger partial charge is 0.355 e. The highest BCUT2D eigenvalue weighted by atomic mass is 32.2. The molecular weight excluding hydrogens is 264 g/mol. The third kappa shape index (κ3) is 10.6. The van der Waals surface area contributed by atoms with Crippen molar-refractivity contribution in [2.24, 2.45) is 5.73 Å². The number of nitrogens with two attached hydrogens (primary N) is 1. The van der Waals surface area contributed by atoms with Crippen molar-refractivity contribution in [3.63, 3.8) is 0 Å². The number of rotatable bonds is 9. The summed E-state index contributed by atoms with van der Waals surface area (Å²) in [6, 6.07) is -0.510. The molecule has 0 rings (SSSR count). The summed E-state index contributed by atoms with van der Waals surface area (Å²) in [4.78, 5) is 11.4. The van der Waals surface area contributed by atoms with Crippen LogP contribution >= 0.6 is 11.8 Å². The van der Waals surface area contributed by atoms with Gasteiger partial charge >= 0.3 is 0 Å². The predicted molar refractivity (Wildman–Crippen MR) is 69.6 cm³/mol. The molecule has 0 bridgehead atoms. The van der Waals surface area contributed by atoms with Crippen LogP contribution in [0.25, 0.3) is 0 Å². The SMILES string of the molecule is CSCC[C@H](N)C(=O)NCCCCS(=O)(=O)O. The van der Waals surface area contributed by atoms with Crippen LogP contribution in [0.2, 0.25) is 0 Å². The molecule has 0 unspecified atom stereocenters. The smallest absolute Gasteiger partial charge is 0.264 e. The zero-order valence-electron chi connectivity index (χ0n) is 9.89. The van der Waals surface area contributed by atoms with E-state index in [1.54, 1.807) is 11.8 Å². The molecule has 0 spiro atoms. The van der Waals surface area contributed by atoms with Crippen molar-refractivity contribution in [2.75, 3.05) is 24.3 Å². The highest BCUT2D eigenvalue weighted by Crippen LogP contribution is 1.99. The molecule has 0 radical (unpaired) electrons. The van der Waals surface area contributed by atoms with Crippen LogP contribution < -0.4 is 11.1 Å². The van der Waals surface area contributed by atoms with Crippen LogP contribution in [0.5, 0.6) is 0 Å². The molecule has 1 atom stereocenters. The number of nitrogens with one attached hydrogen (secondary N) is 1. The quantitative estimate of drug-likeness (QED) is 0.401. The first-order valence-corrected chi connectivity index (χ1v) is 8.34. The number of hydrogen-bond donors (Lipinski definition) is 3. The summed E-state index contributed by atoms with van der Waals surface area (Å²) in [5, 5.41) is 2.63. The molecule has 0 heterocycles. The van der Waals surface area contributed by atoms with Gasteiger partial charge in [0.05, 0.1) is 11.8 Å². The molecule has 0 aromatic heterocycles. The second kappa shape index (κ2) is 8.73. The van der Waals surface area contributed by atoms with Gasteiger partial charge in [-0.25, -0.2) is 0 Å². The molecule has 0 saturated heterocycles. The molecule has 0 aliphatic carbocycles. The maximum Gasteiger partial charge on any atom is 0.264 e. The number of unbranched alkanes of at least 4 members (excludes halogenated alkanes) is 1. The molecule has 8 heteroatoms. The van der Waals surface area contributed by atoms with Crippen molar-refractivity contribution in [1.82, 2.24) is 5.32 Å². The summed E-state index contributed by atoms with van der Waals surface area (Å²) >= 11 is 1.63. The summed E-state index contributed by atoms with van der Waals surface area (Å²) in [7, 11) is -3.89. The summed E-state index contributed by atoms with van der Waals surface area (Å²) in [6.07, 6.45) is 3.39. The normalized spacial score (nSPS) is 13.4. The lowest BCUT2D eigenvalue weighted by Gasteiger charge is -2.11. The fraction of sp³-hybridized carbons (Fsp3) is 0.889. The summed E-state index contributed by atoms with van der Waals surface area (Å²) in [5.74, 6) is 0.338. The van der Waals surface area contributed by atoms with Crippen LogP contribution in [0.4, 0.5) is 0 Å². The fourth-order valence-corrected chi connectivity index (χ4v) is 2.19. The van der Waals surface area contributed by atoms with E-state index in [0.29, 0.717) is 25.8 Å². The topological polar surface area (TPSA) is 109 Å². The standard InChI is InChI=1S/C9H20N2O4S2/c1-16-6-4-8(10)9(12)11-5-2-3-7-17(13,14)15/h8H,2-7,10H2,1H3,(H,11,12)(H,13,14,15)/t8-/m0/s1. The lowest BCUT2D eigenvalue weighted by molar-refractivity contribution is -0.122. The molecule has 0 aromatic carbocycles. The summed E-state index contributed by atoms with van der Waals surface area (Å²) in [6.45, 7) is 0.376. The number of thioether (sulfide) groups is 1. The first-order chi connectivity index (χ1) is 7.87. The molecule has 0 fully saturated rings. The van der Waals surface area contributed by atoms with Gasteiger partial charge in [0.2, 0.25) is 5.91 Å². The molecule has 0 saturated carbocycles. The second-order valence-corrected chi connectivity index (χ2v) is 6.23. The van der Waals surface area contributed by atoms with E-state index < -0.39 is 16.2 Å². The zero-order chi connectivity index (χ0) is 13.3. The van der Waals surface area contributed by atoms with Gasteiger partial charge in [-0.15, -0.1) is 0 Å². The van der Waals surface area contributed by atoms with Crippen molar-refractivity contribution in [3.8, 4) is 0 Å². The van der Waals surface area contributed by atoms with Gasteiger partial charge in [0.25, 0.3) is 10.1 Å². The van der Waals surface area contributed by atoms with E-state index in [-0.39, 0.29) is 11.7 Å². The molecule has 102 valence electrons. The van der Waals surface area contributed by atoms with Crippen molar-refractivity contribution in [1.29, 1.82) is 0 Å². The van der Waals surface area contributed by atoms with Crippen LogP contribution in [-0.4, -0.2) is 49.2 Å². The molecule has 0 aliphatic heterocycles. The van der Waals surface area contributed by atoms with Crippen LogP contribution in [0, 0.1) is 0 Å². The number of amides is 1. The lowest BCUT2D eigenvalue weighted by Crippen LogP contribution is -2.41. The maximum atomic E-state index is 11.4. The minimum Gasteiger partial charge on any atom is -0.355 e. The molecule has 0 aromatic rings. The number of carbonyl (C=O) groups is 1. The molecule has 4 N–H and O–H groups in total. The zero-order valence-corrected chi connectivity index (χ0v) is 11.5. The van der Waals surface area contributed by atoms with Crippen LogP contribution in [-0.2, 0) is 14.9 Å². The number of carbonyl (C=O) groups excluding carboxylic acids is 1.